The maximum Gasteiger partial charge on any atom is 0.335 e. The highest BCUT2D eigenvalue weighted by molar-refractivity contribution is 6.30. The molecule has 104 valence electrons. The maximum atomic E-state index is 11.0. The SMILES string of the molecule is O=C(O)c1cccc(-n2ccc(-c3ccc(Cl)cc3)n2)c1. The van der Waals surface area contributed by atoms with Gasteiger partial charge in [-0.25, -0.2) is 9.48 Å². The lowest BCUT2D eigenvalue weighted by atomic mass is 10.2. The van der Waals surface area contributed by atoms with Gasteiger partial charge >= 0.3 is 5.97 Å². The van der Waals surface area contributed by atoms with Gasteiger partial charge < -0.3 is 5.11 Å². The zero-order valence-electron chi connectivity index (χ0n) is 10.9. The molecule has 0 bridgehead atoms. The van der Waals surface area contributed by atoms with Crippen molar-refractivity contribution in [2.24, 2.45) is 0 Å². The fourth-order valence-electron chi connectivity index (χ4n) is 2.02. The highest BCUT2D eigenvalue weighted by Gasteiger charge is 2.07. The van der Waals surface area contributed by atoms with Gasteiger partial charge in [0.05, 0.1) is 16.9 Å². The monoisotopic (exact) mass is 298 g/mol. The van der Waals surface area contributed by atoms with Crippen LogP contribution in [0.4, 0.5) is 0 Å². The number of nitrogens with zero attached hydrogens (tertiary/aromatic N) is 2. The summed E-state index contributed by atoms with van der Waals surface area (Å²) >= 11 is 5.87. The smallest absolute Gasteiger partial charge is 0.335 e. The second-order valence-corrected chi connectivity index (χ2v) is 4.94. The van der Waals surface area contributed by atoms with Crippen LogP contribution in [0.3, 0.4) is 0 Å². The molecule has 1 N–H and O–H groups in total. The third-order valence-corrected chi connectivity index (χ3v) is 3.34. The molecule has 0 aliphatic rings. The first kappa shape index (κ1) is 13.4. The van der Waals surface area contributed by atoms with Gasteiger partial charge in [0.1, 0.15) is 0 Å². The van der Waals surface area contributed by atoms with Gasteiger partial charge in [-0.2, -0.15) is 5.10 Å². The van der Waals surface area contributed by atoms with Gasteiger partial charge in [-0.1, -0.05) is 29.8 Å². The highest BCUT2D eigenvalue weighted by Crippen LogP contribution is 2.21. The minimum absolute atomic E-state index is 0.232. The summed E-state index contributed by atoms with van der Waals surface area (Å²) < 4.78 is 1.65. The molecule has 0 saturated heterocycles. The van der Waals surface area contributed by atoms with Crippen LogP contribution >= 0.6 is 11.6 Å². The summed E-state index contributed by atoms with van der Waals surface area (Å²) in [6.45, 7) is 0. The number of aromatic nitrogens is 2. The Hall–Kier alpha value is -2.59. The molecule has 1 heterocycles. The first-order chi connectivity index (χ1) is 10.1. The van der Waals surface area contributed by atoms with Gasteiger partial charge in [-0.15, -0.1) is 0 Å². The van der Waals surface area contributed by atoms with E-state index in [2.05, 4.69) is 5.10 Å². The average molecular weight is 299 g/mol. The predicted octanol–water partition coefficient (Wildman–Crippen LogP) is 3.89. The molecule has 0 radical (unpaired) electrons. The average Bonchev–Trinajstić information content (AvgIpc) is 2.98. The topological polar surface area (TPSA) is 55.1 Å². The second-order valence-electron chi connectivity index (χ2n) is 4.51. The molecule has 0 spiro atoms. The maximum absolute atomic E-state index is 11.0. The van der Waals surface area contributed by atoms with Gasteiger partial charge in [-0.3, -0.25) is 0 Å². The van der Waals surface area contributed by atoms with E-state index in [0.29, 0.717) is 10.7 Å². The Bertz CT molecular complexity index is 794. The number of halogens is 1. The van der Waals surface area contributed by atoms with Crippen LogP contribution in [0.25, 0.3) is 16.9 Å². The minimum Gasteiger partial charge on any atom is -0.478 e. The van der Waals surface area contributed by atoms with Crippen LogP contribution < -0.4 is 0 Å². The summed E-state index contributed by atoms with van der Waals surface area (Å²) in [5.74, 6) is -0.957. The normalized spacial score (nSPS) is 10.5. The lowest BCUT2D eigenvalue weighted by Gasteiger charge is -2.02. The molecule has 2 aromatic carbocycles. The van der Waals surface area contributed by atoms with Crippen LogP contribution in [0.1, 0.15) is 10.4 Å². The zero-order chi connectivity index (χ0) is 14.8. The fraction of sp³-hybridized carbons (Fsp3) is 0. The van der Waals surface area contributed by atoms with Crippen molar-refractivity contribution in [3.05, 3.63) is 71.4 Å². The number of benzene rings is 2. The number of hydrogen-bond donors (Lipinski definition) is 1. The van der Waals surface area contributed by atoms with E-state index in [1.165, 1.54) is 0 Å². The minimum atomic E-state index is -0.957. The standard InChI is InChI=1S/C16H11ClN2O2/c17-13-6-4-11(5-7-13)15-8-9-19(18-15)14-3-1-2-12(10-14)16(20)21/h1-10H,(H,20,21). The van der Waals surface area contributed by atoms with Crippen molar-refractivity contribution in [3.8, 4) is 16.9 Å². The summed E-state index contributed by atoms with van der Waals surface area (Å²) in [7, 11) is 0. The molecule has 5 heteroatoms. The Kier molecular flexibility index (Phi) is 3.46. The van der Waals surface area contributed by atoms with Gasteiger partial charge in [-0.05, 0) is 36.4 Å². The van der Waals surface area contributed by atoms with Crippen LogP contribution in [-0.4, -0.2) is 20.9 Å². The lowest BCUT2D eigenvalue weighted by Crippen LogP contribution is -2.00. The second kappa shape index (κ2) is 5.42. The summed E-state index contributed by atoms with van der Waals surface area (Å²) in [6.07, 6.45) is 1.80. The Balaban J connectivity index is 1.96. The number of hydrogen-bond acceptors (Lipinski definition) is 2. The number of rotatable bonds is 3. The molecule has 0 fully saturated rings. The molecular weight excluding hydrogens is 288 g/mol. The van der Waals surface area contributed by atoms with Crippen LogP contribution in [0, 0.1) is 0 Å². The fourth-order valence-corrected chi connectivity index (χ4v) is 2.15. The van der Waals surface area contributed by atoms with Gasteiger partial charge in [0.25, 0.3) is 0 Å². The van der Waals surface area contributed by atoms with Crippen molar-refractivity contribution in [3.63, 3.8) is 0 Å². The first-order valence-corrected chi connectivity index (χ1v) is 6.66. The number of carboxylic acids is 1. The van der Waals surface area contributed by atoms with E-state index in [4.69, 9.17) is 16.7 Å². The van der Waals surface area contributed by atoms with E-state index in [0.717, 1.165) is 11.3 Å². The van der Waals surface area contributed by atoms with E-state index in [1.807, 2.05) is 24.3 Å². The highest BCUT2D eigenvalue weighted by atomic mass is 35.5. The van der Waals surface area contributed by atoms with E-state index >= 15 is 0 Å². The van der Waals surface area contributed by atoms with Crippen molar-refractivity contribution in [2.75, 3.05) is 0 Å². The van der Waals surface area contributed by atoms with Crippen molar-refractivity contribution < 1.29 is 9.90 Å². The Morgan fingerprint density at radius 2 is 1.86 bits per heavy atom. The molecule has 0 atom stereocenters. The molecule has 3 rings (SSSR count). The number of carbonyl (C=O) groups is 1. The van der Waals surface area contributed by atoms with Gasteiger partial charge in [0.15, 0.2) is 0 Å². The molecule has 0 aliphatic carbocycles. The number of carboxylic acid groups (broad SMARTS) is 1. The van der Waals surface area contributed by atoms with Crippen LogP contribution in [0.5, 0.6) is 0 Å². The van der Waals surface area contributed by atoms with E-state index in [9.17, 15) is 4.79 Å². The van der Waals surface area contributed by atoms with Crippen molar-refractivity contribution in [2.45, 2.75) is 0 Å². The van der Waals surface area contributed by atoms with Crippen molar-refractivity contribution >= 4 is 17.6 Å². The molecule has 21 heavy (non-hydrogen) atoms. The summed E-state index contributed by atoms with van der Waals surface area (Å²) in [5, 5.41) is 14.2. The molecule has 0 aliphatic heterocycles. The molecular formula is C16H11ClN2O2. The van der Waals surface area contributed by atoms with Crippen molar-refractivity contribution in [1.29, 1.82) is 0 Å². The third-order valence-electron chi connectivity index (χ3n) is 3.09. The summed E-state index contributed by atoms with van der Waals surface area (Å²) in [4.78, 5) is 11.0. The van der Waals surface area contributed by atoms with E-state index in [-0.39, 0.29) is 5.56 Å². The zero-order valence-corrected chi connectivity index (χ0v) is 11.7. The molecule has 0 saturated carbocycles. The van der Waals surface area contributed by atoms with Crippen LogP contribution in [-0.2, 0) is 0 Å². The quantitative estimate of drug-likeness (QED) is 0.798. The van der Waals surface area contributed by atoms with Crippen molar-refractivity contribution in [1.82, 2.24) is 9.78 Å². The largest absolute Gasteiger partial charge is 0.478 e. The lowest BCUT2D eigenvalue weighted by molar-refractivity contribution is 0.0697. The van der Waals surface area contributed by atoms with Crippen LogP contribution in [0.2, 0.25) is 5.02 Å². The Labute approximate surface area is 126 Å². The molecule has 4 nitrogen and oxygen atoms in total. The predicted molar refractivity (Wildman–Crippen MR) is 81.0 cm³/mol. The summed E-state index contributed by atoms with van der Waals surface area (Å²) in [5.41, 5.74) is 2.69. The van der Waals surface area contributed by atoms with Gasteiger partial charge in [0, 0.05) is 16.8 Å². The molecule has 3 aromatic rings. The molecule has 0 amide bonds. The van der Waals surface area contributed by atoms with E-state index in [1.54, 1.807) is 41.2 Å². The third kappa shape index (κ3) is 2.80. The van der Waals surface area contributed by atoms with Gasteiger partial charge in [0.2, 0.25) is 0 Å². The number of aromatic carboxylic acids is 1. The Morgan fingerprint density at radius 3 is 2.57 bits per heavy atom. The summed E-state index contributed by atoms with van der Waals surface area (Å²) in [6, 6.07) is 15.9. The molecule has 0 unspecified atom stereocenters. The first-order valence-electron chi connectivity index (χ1n) is 6.29. The van der Waals surface area contributed by atoms with E-state index < -0.39 is 5.97 Å². The van der Waals surface area contributed by atoms with Crippen LogP contribution in [0.15, 0.2) is 60.8 Å². The molecule has 1 aromatic heterocycles. The Morgan fingerprint density at radius 1 is 1.10 bits per heavy atom.